The van der Waals surface area contributed by atoms with E-state index in [1.807, 2.05) is 19.9 Å². The molecule has 1 aliphatic heterocycles. The zero-order valence-corrected chi connectivity index (χ0v) is 11.2. The highest BCUT2D eigenvalue weighted by molar-refractivity contribution is 6.29. The maximum absolute atomic E-state index is 11.4. The Bertz CT molecular complexity index is 462. The van der Waals surface area contributed by atoms with E-state index in [0.717, 1.165) is 17.7 Å². The average molecular weight is 270 g/mol. The molecule has 1 aromatic rings. The topological polar surface area (TPSA) is 47.6 Å². The molecule has 0 spiro atoms. The van der Waals surface area contributed by atoms with Gasteiger partial charge in [-0.2, -0.15) is 0 Å². The highest BCUT2D eigenvalue weighted by Gasteiger charge is 2.22. The molecule has 5 heteroatoms. The first-order valence-corrected chi connectivity index (χ1v) is 6.49. The van der Waals surface area contributed by atoms with E-state index in [-0.39, 0.29) is 17.9 Å². The van der Waals surface area contributed by atoms with Gasteiger partial charge in [0.25, 0.3) is 0 Å². The molecule has 1 heterocycles. The predicted molar refractivity (Wildman–Crippen MR) is 70.8 cm³/mol. The van der Waals surface area contributed by atoms with Crippen molar-refractivity contribution in [3.05, 3.63) is 17.7 Å². The summed E-state index contributed by atoms with van der Waals surface area (Å²) in [6, 6.07) is 3.72. The van der Waals surface area contributed by atoms with Crippen LogP contribution in [0.3, 0.4) is 0 Å². The van der Waals surface area contributed by atoms with Crippen molar-refractivity contribution >= 4 is 23.2 Å². The Labute approximate surface area is 111 Å². The van der Waals surface area contributed by atoms with Crippen molar-refractivity contribution in [2.75, 3.05) is 17.8 Å². The maximum atomic E-state index is 11.4. The third-order valence-corrected chi connectivity index (χ3v) is 2.94. The number of nitrogens with one attached hydrogen (secondary N) is 1. The molecule has 1 aliphatic rings. The molecule has 0 saturated heterocycles. The highest BCUT2D eigenvalue weighted by Crippen LogP contribution is 2.37. The van der Waals surface area contributed by atoms with Crippen molar-refractivity contribution in [3.8, 4) is 11.5 Å². The van der Waals surface area contributed by atoms with E-state index < -0.39 is 0 Å². The van der Waals surface area contributed by atoms with Gasteiger partial charge in [-0.3, -0.25) is 4.79 Å². The summed E-state index contributed by atoms with van der Waals surface area (Å²) in [4.78, 5) is 11.4. The summed E-state index contributed by atoms with van der Waals surface area (Å²) in [5.41, 5.74) is 1.71. The van der Waals surface area contributed by atoms with Crippen LogP contribution in [0.1, 0.15) is 19.4 Å². The summed E-state index contributed by atoms with van der Waals surface area (Å²) in [6.45, 7) is 4.45. The highest BCUT2D eigenvalue weighted by atomic mass is 35.5. The molecule has 0 fully saturated rings. The molecular formula is C13H16ClNO3. The van der Waals surface area contributed by atoms with Gasteiger partial charge in [-0.05, 0) is 19.9 Å². The predicted octanol–water partition coefficient (Wildman–Crippen LogP) is 2.59. The van der Waals surface area contributed by atoms with E-state index in [4.69, 9.17) is 21.1 Å². The molecule has 1 atom stereocenters. The zero-order valence-electron chi connectivity index (χ0n) is 10.5. The Balaban J connectivity index is 2.31. The lowest BCUT2D eigenvalue weighted by Crippen LogP contribution is -2.13. The number of ether oxygens (including phenoxy) is 2. The summed E-state index contributed by atoms with van der Waals surface area (Å²) in [7, 11) is 0. The Morgan fingerprint density at radius 3 is 3.06 bits per heavy atom. The standard InChI is InChI=1S/C13H16ClNO3/c1-3-17-12-5-9-4-8(2)18-11(9)6-10(12)15-13(16)7-14/h5-6,8H,3-4,7H2,1-2H3,(H,15,16)/t8-/m0/s1. The molecule has 0 aliphatic carbocycles. The molecule has 4 nitrogen and oxygen atoms in total. The maximum Gasteiger partial charge on any atom is 0.239 e. The van der Waals surface area contributed by atoms with E-state index in [0.29, 0.717) is 18.0 Å². The molecule has 1 N–H and O–H groups in total. The summed E-state index contributed by atoms with van der Waals surface area (Å²) in [5, 5.41) is 2.71. The quantitative estimate of drug-likeness (QED) is 0.855. The molecule has 1 aromatic carbocycles. The normalized spacial score (nSPS) is 16.9. The SMILES string of the molecule is CCOc1cc2c(cc1NC(=O)CCl)O[C@@H](C)C2. The minimum absolute atomic E-state index is 0.0834. The number of benzene rings is 1. The van der Waals surface area contributed by atoms with Crippen LogP contribution in [-0.4, -0.2) is 24.5 Å². The number of halogens is 1. The van der Waals surface area contributed by atoms with Crippen LogP contribution < -0.4 is 14.8 Å². The fourth-order valence-corrected chi connectivity index (χ4v) is 2.06. The molecule has 0 unspecified atom stereocenters. The molecule has 18 heavy (non-hydrogen) atoms. The van der Waals surface area contributed by atoms with Crippen molar-refractivity contribution in [1.82, 2.24) is 0 Å². The van der Waals surface area contributed by atoms with Crippen molar-refractivity contribution in [2.45, 2.75) is 26.4 Å². The second kappa shape index (κ2) is 5.48. The number of anilines is 1. The number of hydrogen-bond donors (Lipinski definition) is 1. The van der Waals surface area contributed by atoms with Crippen molar-refractivity contribution in [1.29, 1.82) is 0 Å². The van der Waals surface area contributed by atoms with Gasteiger partial charge in [-0.1, -0.05) is 0 Å². The molecule has 98 valence electrons. The number of carbonyl (C=O) groups is 1. The van der Waals surface area contributed by atoms with Gasteiger partial charge < -0.3 is 14.8 Å². The van der Waals surface area contributed by atoms with Crippen LogP contribution in [0.25, 0.3) is 0 Å². The van der Waals surface area contributed by atoms with Gasteiger partial charge in [0.05, 0.1) is 12.3 Å². The van der Waals surface area contributed by atoms with Crippen LogP contribution in [0.5, 0.6) is 11.5 Å². The number of hydrogen-bond acceptors (Lipinski definition) is 3. The molecule has 0 bridgehead atoms. The van der Waals surface area contributed by atoms with E-state index >= 15 is 0 Å². The zero-order chi connectivity index (χ0) is 13.1. The van der Waals surface area contributed by atoms with E-state index in [2.05, 4.69) is 5.32 Å². The van der Waals surface area contributed by atoms with Crippen LogP contribution in [0.4, 0.5) is 5.69 Å². The number of carbonyl (C=O) groups excluding carboxylic acids is 1. The van der Waals surface area contributed by atoms with Gasteiger partial charge in [0, 0.05) is 18.1 Å². The van der Waals surface area contributed by atoms with Gasteiger partial charge in [-0.15, -0.1) is 11.6 Å². The first-order chi connectivity index (χ1) is 8.63. The van der Waals surface area contributed by atoms with Crippen LogP contribution in [0.15, 0.2) is 12.1 Å². The van der Waals surface area contributed by atoms with Crippen LogP contribution in [0.2, 0.25) is 0 Å². The van der Waals surface area contributed by atoms with Gasteiger partial charge >= 0.3 is 0 Å². The van der Waals surface area contributed by atoms with Crippen LogP contribution in [-0.2, 0) is 11.2 Å². The Morgan fingerprint density at radius 1 is 1.61 bits per heavy atom. The minimum Gasteiger partial charge on any atom is -0.492 e. The third-order valence-electron chi connectivity index (χ3n) is 2.69. The second-order valence-electron chi connectivity index (χ2n) is 4.20. The number of fused-ring (bicyclic) bond motifs is 1. The Kier molecular flexibility index (Phi) is 3.97. The molecule has 1 amide bonds. The number of alkyl halides is 1. The Hall–Kier alpha value is -1.42. The number of amides is 1. The van der Waals surface area contributed by atoms with Crippen LogP contribution in [0, 0.1) is 0 Å². The minimum atomic E-state index is -0.261. The number of rotatable bonds is 4. The smallest absolute Gasteiger partial charge is 0.239 e. The second-order valence-corrected chi connectivity index (χ2v) is 4.47. The fourth-order valence-electron chi connectivity index (χ4n) is 2.00. The van der Waals surface area contributed by atoms with Gasteiger partial charge in [0.2, 0.25) is 5.91 Å². The third kappa shape index (κ3) is 2.70. The lowest BCUT2D eigenvalue weighted by Gasteiger charge is -2.12. The molecule has 0 saturated carbocycles. The molecule has 2 rings (SSSR count). The van der Waals surface area contributed by atoms with Crippen molar-refractivity contribution in [2.24, 2.45) is 0 Å². The van der Waals surface area contributed by atoms with E-state index in [9.17, 15) is 4.79 Å². The van der Waals surface area contributed by atoms with Crippen LogP contribution >= 0.6 is 11.6 Å². The lowest BCUT2D eigenvalue weighted by atomic mass is 10.1. The Morgan fingerprint density at radius 2 is 2.39 bits per heavy atom. The fraction of sp³-hybridized carbons (Fsp3) is 0.462. The van der Waals surface area contributed by atoms with Gasteiger partial charge in [-0.25, -0.2) is 0 Å². The van der Waals surface area contributed by atoms with Crippen molar-refractivity contribution < 1.29 is 14.3 Å². The first kappa shape index (κ1) is 13.0. The van der Waals surface area contributed by atoms with E-state index in [1.54, 1.807) is 6.07 Å². The first-order valence-electron chi connectivity index (χ1n) is 5.96. The van der Waals surface area contributed by atoms with Crippen molar-refractivity contribution in [3.63, 3.8) is 0 Å². The summed E-state index contributed by atoms with van der Waals surface area (Å²) in [6.07, 6.45) is 1.02. The largest absolute Gasteiger partial charge is 0.492 e. The van der Waals surface area contributed by atoms with E-state index in [1.165, 1.54) is 0 Å². The summed E-state index contributed by atoms with van der Waals surface area (Å²) < 4.78 is 11.2. The monoisotopic (exact) mass is 269 g/mol. The molecule has 0 aromatic heterocycles. The van der Waals surface area contributed by atoms with Gasteiger partial charge in [0.15, 0.2) is 0 Å². The summed E-state index contributed by atoms with van der Waals surface area (Å²) >= 11 is 5.49. The van der Waals surface area contributed by atoms with Gasteiger partial charge in [0.1, 0.15) is 23.5 Å². The lowest BCUT2D eigenvalue weighted by molar-refractivity contribution is -0.113. The molecular weight excluding hydrogens is 254 g/mol. The molecule has 0 radical (unpaired) electrons. The average Bonchev–Trinajstić information content (AvgIpc) is 2.69. The summed E-state index contributed by atoms with van der Waals surface area (Å²) in [5.74, 6) is 1.12.